The first-order valence-corrected chi connectivity index (χ1v) is 9.71. The number of aliphatic imine (C=N–C) groups is 1. The Morgan fingerprint density at radius 2 is 1.94 bits per heavy atom. The van der Waals surface area contributed by atoms with Crippen molar-refractivity contribution in [3.63, 3.8) is 0 Å². The number of amides is 1. The van der Waals surface area contributed by atoms with Gasteiger partial charge in [-0.2, -0.15) is 5.26 Å². The van der Waals surface area contributed by atoms with Crippen LogP contribution in [0.25, 0.3) is 21.9 Å². The molecule has 4 rings (SSSR count). The highest BCUT2D eigenvalue weighted by molar-refractivity contribution is 6.40. The Kier molecular flexibility index (Phi) is 5.95. The van der Waals surface area contributed by atoms with Crippen LogP contribution < -0.4 is 10.1 Å². The summed E-state index contributed by atoms with van der Waals surface area (Å²) in [4.78, 5) is 35.7. The monoisotopic (exact) mass is 473 g/mol. The summed E-state index contributed by atoms with van der Waals surface area (Å²) >= 11 is 12.2. The summed E-state index contributed by atoms with van der Waals surface area (Å²) in [5.74, 6) is -1.11. The third kappa shape index (κ3) is 3.96. The van der Waals surface area contributed by atoms with E-state index in [9.17, 15) is 9.59 Å². The quantitative estimate of drug-likeness (QED) is 0.230. The van der Waals surface area contributed by atoms with Gasteiger partial charge in [0.05, 0.1) is 34.1 Å². The number of methoxy groups -OCH3 is 1. The third-order valence-corrected chi connectivity index (χ3v) is 5.10. The lowest BCUT2D eigenvalue weighted by Gasteiger charge is -2.10. The fourth-order valence-corrected chi connectivity index (χ4v) is 3.60. The van der Waals surface area contributed by atoms with Crippen LogP contribution in [0, 0.1) is 0 Å². The van der Waals surface area contributed by atoms with Crippen LogP contribution in [-0.4, -0.2) is 35.4 Å². The predicted molar refractivity (Wildman–Crippen MR) is 119 cm³/mol. The Labute approximate surface area is 190 Å². The van der Waals surface area contributed by atoms with E-state index >= 15 is 0 Å². The first-order chi connectivity index (χ1) is 15.4. The van der Waals surface area contributed by atoms with Gasteiger partial charge < -0.3 is 14.5 Å². The second-order valence-electron chi connectivity index (χ2n) is 6.40. The van der Waals surface area contributed by atoms with Gasteiger partial charge in [0.25, 0.3) is 5.91 Å². The van der Waals surface area contributed by atoms with Crippen LogP contribution in [0.4, 0.5) is 11.4 Å². The number of ether oxygens (including phenoxy) is 1. The number of hydrogen-bond acceptors (Lipinski definition) is 8. The van der Waals surface area contributed by atoms with E-state index in [1.165, 1.54) is 19.5 Å². The molecule has 2 aromatic carbocycles. The van der Waals surface area contributed by atoms with Crippen molar-refractivity contribution in [1.29, 1.82) is 0 Å². The molecule has 0 spiro atoms. The second-order valence-corrected chi connectivity index (χ2v) is 7.22. The highest BCUT2D eigenvalue weighted by Gasteiger charge is 2.21. The normalized spacial score (nSPS) is 11.2. The number of carbonyl (C=O) groups excluding carboxylic acids is 2. The van der Waals surface area contributed by atoms with Gasteiger partial charge in [-0.1, -0.05) is 23.2 Å². The zero-order chi connectivity index (χ0) is 22.8. The molecule has 0 aliphatic carbocycles. The number of hydrogen-bond donors (Lipinski definition) is 2. The molecule has 2 aromatic heterocycles. The van der Waals surface area contributed by atoms with Crippen molar-refractivity contribution in [2.45, 2.75) is 0 Å². The molecule has 0 unspecified atom stereocenters. The number of anilines is 1. The first-order valence-electron chi connectivity index (χ1n) is 8.96. The molecule has 0 radical (unpaired) electrons. The van der Waals surface area contributed by atoms with E-state index in [1.807, 2.05) is 0 Å². The van der Waals surface area contributed by atoms with Gasteiger partial charge in [-0.05, 0) is 30.3 Å². The molecule has 11 heteroatoms. The number of benzene rings is 2. The average Bonchev–Trinajstić information content (AvgIpc) is 3.18. The highest BCUT2D eigenvalue weighted by Crippen LogP contribution is 2.39. The lowest BCUT2D eigenvalue weighted by molar-refractivity contribution is -0.224. The van der Waals surface area contributed by atoms with Gasteiger partial charge in [0, 0.05) is 23.2 Å². The SMILES string of the molecule is COc1ccc(C(=O)Nc2c(Cl)cncc2Cl)c2c1oc1ccc(N=CC(=O)OO)cc12. The Morgan fingerprint density at radius 3 is 2.62 bits per heavy atom. The molecule has 4 aromatic rings. The molecule has 0 fully saturated rings. The number of fused-ring (bicyclic) bond motifs is 3. The number of pyridine rings is 1. The third-order valence-electron chi connectivity index (χ3n) is 4.53. The number of furan rings is 1. The topological polar surface area (TPSA) is 123 Å². The molecular weight excluding hydrogens is 461 g/mol. The molecule has 0 aliphatic rings. The van der Waals surface area contributed by atoms with E-state index in [2.05, 4.69) is 20.2 Å². The van der Waals surface area contributed by atoms with Crippen molar-refractivity contribution in [1.82, 2.24) is 4.98 Å². The minimum absolute atomic E-state index is 0.181. The summed E-state index contributed by atoms with van der Waals surface area (Å²) in [6.07, 6.45) is 3.54. The number of aromatic nitrogens is 1. The number of nitrogens with one attached hydrogen (secondary N) is 1. The summed E-state index contributed by atoms with van der Waals surface area (Å²) in [6, 6.07) is 8.02. The van der Waals surface area contributed by atoms with Crippen LogP contribution in [0.15, 0.2) is 52.1 Å². The minimum Gasteiger partial charge on any atom is -0.493 e. The molecule has 32 heavy (non-hydrogen) atoms. The van der Waals surface area contributed by atoms with E-state index in [0.29, 0.717) is 33.4 Å². The van der Waals surface area contributed by atoms with Crippen molar-refractivity contribution >= 4 is 74.6 Å². The molecule has 0 saturated carbocycles. The molecule has 0 saturated heterocycles. The van der Waals surface area contributed by atoms with Crippen molar-refractivity contribution in [3.05, 3.63) is 58.3 Å². The molecule has 1 amide bonds. The number of nitrogens with zero attached hydrogens (tertiary/aromatic N) is 2. The number of carbonyl (C=O) groups is 2. The molecule has 9 nitrogen and oxygen atoms in total. The molecule has 2 heterocycles. The Balaban J connectivity index is 1.87. The molecule has 0 aliphatic heterocycles. The van der Waals surface area contributed by atoms with Crippen molar-refractivity contribution < 1.29 is 28.9 Å². The Bertz CT molecular complexity index is 1380. The van der Waals surface area contributed by atoms with Crippen molar-refractivity contribution in [2.75, 3.05) is 12.4 Å². The van der Waals surface area contributed by atoms with Gasteiger partial charge >= 0.3 is 5.97 Å². The van der Waals surface area contributed by atoms with Gasteiger partial charge in [-0.15, -0.1) is 0 Å². The smallest absolute Gasteiger partial charge is 0.383 e. The van der Waals surface area contributed by atoms with Crippen molar-refractivity contribution in [3.8, 4) is 5.75 Å². The van der Waals surface area contributed by atoms with Gasteiger partial charge in [0.2, 0.25) is 0 Å². The number of rotatable bonds is 5. The zero-order valence-corrected chi connectivity index (χ0v) is 17.8. The Morgan fingerprint density at radius 1 is 1.19 bits per heavy atom. The van der Waals surface area contributed by atoms with Crippen LogP contribution in [-0.2, 0) is 9.68 Å². The van der Waals surface area contributed by atoms with Crippen LogP contribution in [0.3, 0.4) is 0 Å². The zero-order valence-electron chi connectivity index (χ0n) is 16.3. The minimum atomic E-state index is -1.03. The van der Waals surface area contributed by atoms with Gasteiger partial charge in [0.1, 0.15) is 11.8 Å². The van der Waals surface area contributed by atoms with E-state index < -0.39 is 11.9 Å². The molecule has 0 atom stereocenters. The maximum Gasteiger partial charge on any atom is 0.383 e. The molecule has 2 N–H and O–H groups in total. The van der Waals surface area contributed by atoms with E-state index in [0.717, 1.165) is 6.21 Å². The molecule has 162 valence electrons. The Hall–Kier alpha value is -3.66. The van der Waals surface area contributed by atoms with Crippen LogP contribution in [0.1, 0.15) is 10.4 Å². The predicted octanol–water partition coefficient (Wildman–Crippen LogP) is 5.27. The highest BCUT2D eigenvalue weighted by atomic mass is 35.5. The standard InChI is InChI=1S/C21H13Cl2N3O6/c1-30-16-5-3-11(21(28)26-19-13(22)7-24-8-14(19)23)18-12-6-10(25-9-17(27)32-29)2-4-15(12)31-20(16)18/h2-9,29H,1H3,(H,24,26,28). The molecule has 0 bridgehead atoms. The van der Waals surface area contributed by atoms with Crippen LogP contribution in [0.2, 0.25) is 10.0 Å². The summed E-state index contributed by atoms with van der Waals surface area (Å²) in [6.45, 7) is 0. The van der Waals surface area contributed by atoms with Crippen LogP contribution in [0.5, 0.6) is 5.75 Å². The summed E-state index contributed by atoms with van der Waals surface area (Å²) in [7, 11) is 1.48. The van der Waals surface area contributed by atoms with Crippen LogP contribution >= 0.6 is 23.2 Å². The van der Waals surface area contributed by atoms with Crippen molar-refractivity contribution in [2.24, 2.45) is 4.99 Å². The largest absolute Gasteiger partial charge is 0.493 e. The maximum atomic E-state index is 13.2. The molecular formula is C21H13Cl2N3O6. The summed E-state index contributed by atoms with van der Waals surface area (Å²) in [5.41, 5.74) is 1.65. The van der Waals surface area contributed by atoms with Gasteiger partial charge in [-0.3, -0.25) is 14.7 Å². The first kappa shape index (κ1) is 21.6. The lowest BCUT2D eigenvalue weighted by Crippen LogP contribution is -2.13. The number of halogens is 2. The fourth-order valence-electron chi connectivity index (χ4n) is 3.14. The van der Waals surface area contributed by atoms with Gasteiger partial charge in [-0.25, -0.2) is 9.79 Å². The average molecular weight is 474 g/mol. The lowest BCUT2D eigenvalue weighted by atomic mass is 10.0. The fraction of sp³-hybridized carbons (Fsp3) is 0.0476. The summed E-state index contributed by atoms with van der Waals surface area (Å²) < 4.78 is 11.3. The summed E-state index contributed by atoms with van der Waals surface area (Å²) in [5, 5.41) is 12.4. The second kappa shape index (κ2) is 8.83. The van der Waals surface area contributed by atoms with E-state index in [-0.39, 0.29) is 21.3 Å². The van der Waals surface area contributed by atoms with E-state index in [4.69, 9.17) is 37.6 Å². The van der Waals surface area contributed by atoms with E-state index in [1.54, 1.807) is 30.3 Å². The maximum absolute atomic E-state index is 13.2. The van der Waals surface area contributed by atoms with Gasteiger partial charge in [0.15, 0.2) is 11.3 Å².